The number of aliphatic hydroxyl groups is 1. The highest BCUT2D eigenvalue weighted by Crippen LogP contribution is 2.33. The van der Waals surface area contributed by atoms with Crippen LogP contribution in [-0.2, 0) is 21.7 Å². The molecule has 3 N–H and O–H groups in total. The summed E-state index contributed by atoms with van der Waals surface area (Å²) in [5.41, 5.74) is 5.78. The molecule has 2 aromatic carbocycles. The van der Waals surface area contributed by atoms with Gasteiger partial charge in [0.25, 0.3) is 0 Å². The lowest BCUT2D eigenvalue weighted by Crippen LogP contribution is -2.45. The van der Waals surface area contributed by atoms with Crippen LogP contribution in [0.3, 0.4) is 0 Å². The molecule has 0 aromatic heterocycles. The van der Waals surface area contributed by atoms with E-state index in [1.165, 1.54) is 0 Å². The van der Waals surface area contributed by atoms with E-state index in [0.717, 1.165) is 17.5 Å². The number of hydrogen-bond donors (Lipinski definition) is 2. The summed E-state index contributed by atoms with van der Waals surface area (Å²) in [6.07, 6.45) is 9.90. The molecule has 0 bridgehead atoms. The first kappa shape index (κ1) is 27.0. The average molecular weight is 459 g/mol. The third-order valence-electron chi connectivity index (χ3n) is 5.01. The van der Waals surface area contributed by atoms with Gasteiger partial charge >= 0.3 is 6.09 Å². The number of carbonyl (C=O) groups excluding carboxylic acids is 2. The van der Waals surface area contributed by atoms with Crippen LogP contribution in [0.25, 0.3) is 0 Å². The van der Waals surface area contributed by atoms with Crippen LogP contribution < -0.4 is 5.73 Å². The van der Waals surface area contributed by atoms with Crippen molar-refractivity contribution in [1.29, 1.82) is 0 Å². The van der Waals surface area contributed by atoms with Gasteiger partial charge in [-0.3, -0.25) is 4.79 Å². The third-order valence-corrected chi connectivity index (χ3v) is 5.26. The zero-order valence-corrected chi connectivity index (χ0v) is 19.1. The smallest absolute Gasteiger partial charge is 0.404 e. The van der Waals surface area contributed by atoms with Gasteiger partial charge in [-0.15, -0.1) is 12.8 Å². The minimum Gasteiger partial charge on any atom is -0.445 e. The Morgan fingerprint density at radius 3 is 2.16 bits per heavy atom. The SMILES string of the molecule is C#C.CCCC(=O)N1CCC(O)(c2ccc(Cl)cc2)CC1.NC(=O)OCc1ccccc1. The molecule has 0 saturated carbocycles. The zero-order valence-electron chi connectivity index (χ0n) is 18.4. The normalized spacial score (nSPS) is 14.1. The van der Waals surface area contributed by atoms with Crippen molar-refractivity contribution in [2.75, 3.05) is 13.1 Å². The van der Waals surface area contributed by atoms with Crippen molar-refractivity contribution in [3.05, 3.63) is 70.7 Å². The van der Waals surface area contributed by atoms with Gasteiger partial charge in [0.05, 0.1) is 5.60 Å². The third kappa shape index (κ3) is 9.01. The highest BCUT2D eigenvalue weighted by Gasteiger charge is 2.35. The lowest BCUT2D eigenvalue weighted by Gasteiger charge is -2.38. The van der Waals surface area contributed by atoms with E-state index in [0.29, 0.717) is 37.4 Å². The minimum absolute atomic E-state index is 0.195. The molecule has 32 heavy (non-hydrogen) atoms. The largest absolute Gasteiger partial charge is 0.445 e. The number of benzene rings is 2. The molecule has 2 aromatic rings. The summed E-state index contributed by atoms with van der Waals surface area (Å²) in [7, 11) is 0. The van der Waals surface area contributed by atoms with Gasteiger partial charge in [-0.25, -0.2) is 4.79 Å². The van der Waals surface area contributed by atoms with E-state index in [1.807, 2.05) is 54.3 Å². The Bertz CT molecular complexity index is 845. The van der Waals surface area contributed by atoms with E-state index >= 15 is 0 Å². The van der Waals surface area contributed by atoms with Crippen molar-refractivity contribution in [2.45, 2.75) is 44.8 Å². The number of rotatable bonds is 5. The highest BCUT2D eigenvalue weighted by atomic mass is 35.5. The van der Waals surface area contributed by atoms with E-state index in [4.69, 9.17) is 17.3 Å². The molecular formula is C25H31ClN2O4. The second-order valence-electron chi connectivity index (χ2n) is 7.26. The van der Waals surface area contributed by atoms with Gasteiger partial charge in [0, 0.05) is 24.5 Å². The predicted octanol–water partition coefficient (Wildman–Crippen LogP) is 4.48. The Morgan fingerprint density at radius 1 is 1.09 bits per heavy atom. The number of likely N-dealkylation sites (tertiary alicyclic amines) is 1. The Morgan fingerprint density at radius 2 is 1.66 bits per heavy atom. The van der Waals surface area contributed by atoms with Gasteiger partial charge in [-0.2, -0.15) is 0 Å². The summed E-state index contributed by atoms with van der Waals surface area (Å²) in [5.74, 6) is 0.195. The maximum Gasteiger partial charge on any atom is 0.404 e. The Kier molecular flexibility index (Phi) is 11.9. The summed E-state index contributed by atoms with van der Waals surface area (Å²) in [5, 5.41) is 11.4. The standard InChI is InChI=1S/C15H20ClNO2.C8H9NO2.C2H2/c1-2-3-14(18)17-10-8-15(19,9-11-17)12-4-6-13(16)7-5-12;9-8(10)11-6-7-4-2-1-3-5-7;1-2/h4-7,19H,2-3,8-11H2,1H3;1-5H,6H2,(H2,9,10);1-2H. The fourth-order valence-corrected chi connectivity index (χ4v) is 3.40. The van der Waals surface area contributed by atoms with E-state index in [-0.39, 0.29) is 12.5 Å². The monoisotopic (exact) mass is 458 g/mol. The molecule has 0 atom stereocenters. The van der Waals surface area contributed by atoms with Crippen LogP contribution in [0, 0.1) is 12.8 Å². The number of ether oxygens (including phenoxy) is 1. The molecule has 0 spiro atoms. The molecule has 172 valence electrons. The van der Waals surface area contributed by atoms with Crippen LogP contribution in [-0.4, -0.2) is 35.1 Å². The fraction of sp³-hybridized carbons (Fsp3) is 0.360. The number of amides is 2. The second-order valence-corrected chi connectivity index (χ2v) is 7.70. The first-order valence-electron chi connectivity index (χ1n) is 10.4. The summed E-state index contributed by atoms with van der Waals surface area (Å²) in [4.78, 5) is 23.8. The summed E-state index contributed by atoms with van der Waals surface area (Å²) in [6.45, 7) is 3.50. The van der Waals surface area contributed by atoms with Gasteiger partial charge in [-0.05, 0) is 42.5 Å². The van der Waals surface area contributed by atoms with Gasteiger partial charge < -0.3 is 20.5 Å². The van der Waals surface area contributed by atoms with E-state index < -0.39 is 11.7 Å². The number of halogens is 1. The molecule has 6 nitrogen and oxygen atoms in total. The van der Waals surface area contributed by atoms with E-state index in [9.17, 15) is 14.7 Å². The number of terminal acetylenes is 1. The lowest BCUT2D eigenvalue weighted by atomic mass is 9.84. The average Bonchev–Trinajstić information content (AvgIpc) is 2.81. The van der Waals surface area contributed by atoms with Gasteiger partial charge in [-0.1, -0.05) is 61.0 Å². The van der Waals surface area contributed by atoms with E-state index in [1.54, 1.807) is 12.1 Å². The van der Waals surface area contributed by atoms with Gasteiger partial charge in [0.15, 0.2) is 0 Å². The van der Waals surface area contributed by atoms with Crippen LogP contribution in [0.2, 0.25) is 5.02 Å². The van der Waals surface area contributed by atoms with Gasteiger partial charge in [0.2, 0.25) is 5.91 Å². The molecule has 1 aliphatic rings. The van der Waals surface area contributed by atoms with Crippen LogP contribution in [0.5, 0.6) is 0 Å². The molecule has 1 aliphatic heterocycles. The molecule has 0 radical (unpaired) electrons. The molecule has 1 fully saturated rings. The van der Waals surface area contributed by atoms with Crippen molar-refractivity contribution in [3.8, 4) is 12.8 Å². The molecule has 1 saturated heterocycles. The molecule has 1 heterocycles. The number of hydrogen-bond acceptors (Lipinski definition) is 4. The van der Waals surface area contributed by atoms with Crippen molar-refractivity contribution in [1.82, 2.24) is 4.90 Å². The maximum atomic E-state index is 11.8. The summed E-state index contributed by atoms with van der Waals surface area (Å²) in [6, 6.07) is 16.7. The zero-order chi connectivity index (χ0) is 24.0. The maximum absolute atomic E-state index is 11.8. The fourth-order valence-electron chi connectivity index (χ4n) is 3.28. The topological polar surface area (TPSA) is 92.9 Å². The van der Waals surface area contributed by atoms with Crippen molar-refractivity contribution in [2.24, 2.45) is 5.73 Å². The number of primary amides is 1. The van der Waals surface area contributed by atoms with E-state index in [2.05, 4.69) is 17.6 Å². The van der Waals surface area contributed by atoms with Crippen LogP contribution in [0.1, 0.15) is 43.7 Å². The Labute approximate surface area is 195 Å². The van der Waals surface area contributed by atoms with Crippen LogP contribution in [0.4, 0.5) is 4.79 Å². The number of piperidine rings is 1. The van der Waals surface area contributed by atoms with Crippen LogP contribution in [0.15, 0.2) is 54.6 Å². The van der Waals surface area contributed by atoms with Crippen LogP contribution >= 0.6 is 11.6 Å². The molecule has 7 heteroatoms. The molecule has 0 unspecified atom stereocenters. The summed E-state index contributed by atoms with van der Waals surface area (Å²) >= 11 is 5.86. The Balaban J connectivity index is 0.000000335. The quantitative estimate of drug-likeness (QED) is 0.646. The number of nitrogens with zero attached hydrogens (tertiary/aromatic N) is 1. The van der Waals surface area contributed by atoms with Crippen molar-refractivity contribution < 1.29 is 19.4 Å². The molecule has 3 rings (SSSR count). The second kappa shape index (κ2) is 14.1. The first-order valence-corrected chi connectivity index (χ1v) is 10.8. The Hall–Kier alpha value is -3.01. The van der Waals surface area contributed by atoms with Gasteiger partial charge in [0.1, 0.15) is 6.61 Å². The molecule has 2 amide bonds. The molecule has 0 aliphatic carbocycles. The highest BCUT2D eigenvalue weighted by molar-refractivity contribution is 6.30. The number of carbonyl (C=O) groups is 2. The van der Waals surface area contributed by atoms with Crippen molar-refractivity contribution >= 4 is 23.6 Å². The molecular weight excluding hydrogens is 428 g/mol. The minimum atomic E-state index is -0.826. The predicted molar refractivity (Wildman–Crippen MR) is 127 cm³/mol. The lowest BCUT2D eigenvalue weighted by molar-refractivity contribution is -0.135. The first-order chi connectivity index (χ1) is 15.3. The van der Waals surface area contributed by atoms with Crippen molar-refractivity contribution in [3.63, 3.8) is 0 Å². The number of nitrogens with two attached hydrogens (primary N) is 1. The summed E-state index contributed by atoms with van der Waals surface area (Å²) < 4.78 is 4.57.